The summed E-state index contributed by atoms with van der Waals surface area (Å²) in [7, 11) is 0. The lowest BCUT2D eigenvalue weighted by molar-refractivity contribution is -0.137. The maximum Gasteiger partial charge on any atom is 0.389 e. The molecule has 18 heavy (non-hydrogen) atoms. The molecule has 0 unspecified atom stereocenters. The molecule has 0 bridgehead atoms. The number of fused-ring (bicyclic) bond motifs is 1. The molecule has 0 fully saturated rings. The molecule has 2 rings (SSSR count). The van der Waals surface area contributed by atoms with Crippen molar-refractivity contribution < 1.29 is 13.2 Å². The Hall–Kier alpha value is -1.25. The molecule has 3 heteroatoms. The number of hydrogen-bond donors (Lipinski definition) is 0. The third kappa shape index (κ3) is 3.37. The smallest absolute Gasteiger partial charge is 0.171 e. The van der Waals surface area contributed by atoms with Gasteiger partial charge < -0.3 is 0 Å². The van der Waals surface area contributed by atoms with Gasteiger partial charge in [0.2, 0.25) is 0 Å². The summed E-state index contributed by atoms with van der Waals surface area (Å²) in [5.41, 5.74) is 3.71. The number of benzene rings is 1. The van der Waals surface area contributed by atoms with Crippen molar-refractivity contribution in [3.05, 3.63) is 41.5 Å². The first-order valence-electron chi connectivity index (χ1n) is 6.30. The first kappa shape index (κ1) is 13.2. The van der Waals surface area contributed by atoms with E-state index < -0.39 is 12.6 Å². The lowest BCUT2D eigenvalue weighted by Crippen LogP contribution is -2.09. The van der Waals surface area contributed by atoms with Gasteiger partial charge in [-0.1, -0.05) is 37.3 Å². The molecule has 0 nitrogen and oxygen atoms in total. The zero-order valence-electron chi connectivity index (χ0n) is 10.4. The van der Waals surface area contributed by atoms with Crippen LogP contribution >= 0.6 is 0 Å². The van der Waals surface area contributed by atoms with E-state index in [1.807, 2.05) is 19.1 Å². The summed E-state index contributed by atoms with van der Waals surface area (Å²) < 4.78 is 36.5. The first-order valence-corrected chi connectivity index (χ1v) is 6.30. The molecular formula is C15H17F3. The van der Waals surface area contributed by atoms with Crippen LogP contribution in [-0.2, 0) is 6.42 Å². The summed E-state index contributed by atoms with van der Waals surface area (Å²) in [4.78, 5) is 0. The lowest BCUT2D eigenvalue weighted by atomic mass is 9.93. The molecule has 1 aliphatic carbocycles. The Morgan fingerprint density at radius 2 is 1.94 bits per heavy atom. The van der Waals surface area contributed by atoms with Gasteiger partial charge in [-0.15, -0.1) is 0 Å². The molecule has 0 saturated heterocycles. The van der Waals surface area contributed by atoms with Crippen molar-refractivity contribution in [2.24, 2.45) is 5.92 Å². The molecule has 0 spiro atoms. The Morgan fingerprint density at radius 1 is 1.22 bits per heavy atom. The maximum atomic E-state index is 12.2. The van der Waals surface area contributed by atoms with Gasteiger partial charge in [-0.3, -0.25) is 0 Å². The van der Waals surface area contributed by atoms with E-state index in [2.05, 4.69) is 18.2 Å². The highest BCUT2D eigenvalue weighted by Crippen LogP contribution is 2.34. The summed E-state index contributed by atoms with van der Waals surface area (Å²) in [5.74, 6) is 0.0732. The monoisotopic (exact) mass is 254 g/mol. The van der Waals surface area contributed by atoms with Gasteiger partial charge in [0.15, 0.2) is 0 Å². The number of halogens is 3. The highest BCUT2D eigenvalue weighted by molar-refractivity contribution is 5.73. The standard InChI is InChI=1S/C15H17F3/c1-11(8-9-15(16,17)18)10-13-7-6-12-4-2-3-5-14(12)13/h2-5,7,11H,6,8-10H2,1H3/t11-/m0/s1. The maximum absolute atomic E-state index is 12.2. The van der Waals surface area contributed by atoms with Crippen LogP contribution in [0.1, 0.15) is 37.3 Å². The van der Waals surface area contributed by atoms with Gasteiger partial charge >= 0.3 is 6.18 Å². The lowest BCUT2D eigenvalue weighted by Gasteiger charge is -2.14. The molecule has 1 aliphatic rings. The largest absolute Gasteiger partial charge is 0.389 e. The Bertz CT molecular complexity index is 443. The molecule has 98 valence electrons. The predicted octanol–water partition coefficient (Wildman–Crippen LogP) is 4.99. The zero-order valence-corrected chi connectivity index (χ0v) is 10.4. The summed E-state index contributed by atoms with van der Waals surface area (Å²) in [6, 6.07) is 8.13. The molecule has 1 atom stereocenters. The van der Waals surface area contributed by atoms with Crippen molar-refractivity contribution in [3.8, 4) is 0 Å². The molecule has 0 N–H and O–H groups in total. The molecule has 0 amide bonds. The van der Waals surface area contributed by atoms with E-state index in [9.17, 15) is 13.2 Å². The van der Waals surface area contributed by atoms with E-state index in [0.717, 1.165) is 12.8 Å². The topological polar surface area (TPSA) is 0 Å². The predicted molar refractivity (Wildman–Crippen MR) is 67.2 cm³/mol. The average Bonchev–Trinajstić information content (AvgIpc) is 2.70. The van der Waals surface area contributed by atoms with E-state index in [4.69, 9.17) is 0 Å². The van der Waals surface area contributed by atoms with E-state index in [1.165, 1.54) is 16.7 Å². The van der Waals surface area contributed by atoms with Crippen LogP contribution in [0.2, 0.25) is 0 Å². The molecule has 0 radical (unpaired) electrons. The molecular weight excluding hydrogens is 237 g/mol. The van der Waals surface area contributed by atoms with Crippen LogP contribution in [0, 0.1) is 5.92 Å². The first-order chi connectivity index (χ1) is 8.46. The van der Waals surface area contributed by atoms with Crippen LogP contribution in [0.3, 0.4) is 0 Å². The van der Waals surface area contributed by atoms with Gasteiger partial charge in [0.1, 0.15) is 0 Å². The Kier molecular flexibility index (Phi) is 3.79. The number of allylic oxidation sites excluding steroid dienone is 2. The fourth-order valence-electron chi connectivity index (χ4n) is 2.44. The van der Waals surface area contributed by atoms with Crippen molar-refractivity contribution in [2.75, 3.05) is 0 Å². The van der Waals surface area contributed by atoms with Crippen molar-refractivity contribution in [1.82, 2.24) is 0 Å². The number of rotatable bonds is 4. The Labute approximate surface area is 106 Å². The molecule has 1 aromatic carbocycles. The normalized spacial score (nSPS) is 16.3. The Balaban J connectivity index is 1.92. The fraction of sp³-hybridized carbons (Fsp3) is 0.467. The fourth-order valence-corrected chi connectivity index (χ4v) is 2.44. The number of alkyl halides is 3. The van der Waals surface area contributed by atoms with Gasteiger partial charge in [0, 0.05) is 6.42 Å². The minimum absolute atomic E-state index is 0.0732. The van der Waals surface area contributed by atoms with Gasteiger partial charge in [0.05, 0.1) is 0 Å². The summed E-state index contributed by atoms with van der Waals surface area (Å²) >= 11 is 0. The van der Waals surface area contributed by atoms with E-state index in [1.54, 1.807) is 0 Å². The van der Waals surface area contributed by atoms with Gasteiger partial charge in [-0.05, 0) is 41.9 Å². The third-order valence-corrected chi connectivity index (χ3v) is 3.42. The molecule has 0 saturated carbocycles. The van der Waals surface area contributed by atoms with E-state index in [-0.39, 0.29) is 12.3 Å². The minimum atomic E-state index is -4.03. The minimum Gasteiger partial charge on any atom is -0.171 e. The van der Waals surface area contributed by atoms with Crippen molar-refractivity contribution >= 4 is 5.57 Å². The Morgan fingerprint density at radius 3 is 2.67 bits per heavy atom. The second-order valence-corrected chi connectivity index (χ2v) is 5.05. The summed E-state index contributed by atoms with van der Waals surface area (Å²) in [6.45, 7) is 1.90. The van der Waals surface area contributed by atoms with Crippen LogP contribution in [0.4, 0.5) is 13.2 Å². The van der Waals surface area contributed by atoms with Crippen LogP contribution < -0.4 is 0 Å². The van der Waals surface area contributed by atoms with Crippen molar-refractivity contribution in [2.45, 2.75) is 38.8 Å². The summed E-state index contributed by atoms with van der Waals surface area (Å²) in [5, 5.41) is 0. The van der Waals surface area contributed by atoms with Crippen LogP contribution in [0.25, 0.3) is 5.57 Å². The second kappa shape index (κ2) is 5.17. The molecule has 0 aliphatic heterocycles. The van der Waals surface area contributed by atoms with E-state index >= 15 is 0 Å². The van der Waals surface area contributed by atoms with E-state index in [0.29, 0.717) is 0 Å². The summed E-state index contributed by atoms with van der Waals surface area (Å²) in [6.07, 6.45) is -0.693. The molecule has 0 heterocycles. The average molecular weight is 254 g/mol. The van der Waals surface area contributed by atoms with Crippen LogP contribution in [0.15, 0.2) is 30.3 Å². The quantitative estimate of drug-likeness (QED) is 0.709. The van der Waals surface area contributed by atoms with Crippen molar-refractivity contribution in [1.29, 1.82) is 0 Å². The SMILES string of the molecule is C[C@@H](CCC(F)(F)F)CC1=CCc2ccccc21. The number of hydrogen-bond acceptors (Lipinski definition) is 0. The highest BCUT2D eigenvalue weighted by atomic mass is 19.4. The second-order valence-electron chi connectivity index (χ2n) is 5.05. The molecule has 1 aromatic rings. The zero-order chi connectivity index (χ0) is 13.2. The third-order valence-electron chi connectivity index (χ3n) is 3.42. The van der Waals surface area contributed by atoms with Crippen molar-refractivity contribution in [3.63, 3.8) is 0 Å². The van der Waals surface area contributed by atoms with Crippen LogP contribution in [0.5, 0.6) is 0 Å². The molecule has 0 aromatic heterocycles. The highest BCUT2D eigenvalue weighted by Gasteiger charge is 2.27. The van der Waals surface area contributed by atoms with Gasteiger partial charge in [0.25, 0.3) is 0 Å². The van der Waals surface area contributed by atoms with Gasteiger partial charge in [-0.2, -0.15) is 13.2 Å². The van der Waals surface area contributed by atoms with Gasteiger partial charge in [-0.25, -0.2) is 0 Å². The van der Waals surface area contributed by atoms with Crippen LogP contribution in [-0.4, -0.2) is 6.18 Å².